The van der Waals surface area contributed by atoms with Crippen LogP contribution in [0.5, 0.6) is 11.5 Å². The van der Waals surface area contributed by atoms with Gasteiger partial charge in [0.05, 0.1) is 25.7 Å². The number of nitrogens with one attached hydrogen (secondary N) is 10. The van der Waals surface area contributed by atoms with Gasteiger partial charge in [-0.05, 0) is 73.7 Å². The molecule has 30 nitrogen and oxygen atoms in total. The summed E-state index contributed by atoms with van der Waals surface area (Å²) in [7, 11) is 0. The van der Waals surface area contributed by atoms with Crippen LogP contribution < -0.4 is 64.6 Å². The number of phenols is 2. The molecule has 32 heteroatoms. The number of nitrogens with two attached hydrogens (primary N) is 2. The number of hydrogen-bond donors (Lipinski definition) is 20. The van der Waals surface area contributed by atoms with Crippen molar-refractivity contribution in [2.45, 2.75) is 125 Å². The molecule has 0 aromatic heterocycles. The minimum Gasteiger partial charge on any atom is -0.508 e. The van der Waals surface area contributed by atoms with Crippen LogP contribution in [0.4, 0.5) is 0 Å². The maximum Gasteiger partial charge on any atom is 0.305 e. The highest BCUT2D eigenvalue weighted by Gasteiger charge is 2.37. The van der Waals surface area contributed by atoms with E-state index in [4.69, 9.17) is 11.5 Å². The lowest BCUT2D eigenvalue weighted by atomic mass is 10.0. The standard InChI is InChI=1S/C55H76N12O18S2/c1-28(70)45(67-50(80)37(58-29(2)71)20-30-8-4-3-5-9-30)55(85)64-41(25-69)52(82)66-43(27-87)54(84)62-38(21-31-11-15-33(72)16-12-31)48(78)63-40(24-68)51(81)59-35(10-6-7-19-56)47(77)61-39(22-32-13-17-34(73)18-14-32)49(79)65-42(26-86)53(83)60-36(46(57)76)23-44(74)75/h3-5,8-9,11-18,28,35-43,45,68-70,72-73,86-87H,6-7,10,19-27,56H2,1-2H3,(H2,57,76)(H,58,71)(H,59,81)(H,60,83)(H,61,77)(H,62,84)(H,63,78)(H,64,85)(H,65,79)(H,66,82)(H,67,80)(H,74,75)/t28-,35+,36+,37+,38+,39+,40+,41+,42+,43+,45+/m1/s1. The van der Waals surface area contributed by atoms with Crippen LogP contribution in [0.2, 0.25) is 0 Å². The molecular formula is C55H76N12O18S2. The van der Waals surface area contributed by atoms with Gasteiger partial charge in [0.25, 0.3) is 0 Å². The number of aliphatic carboxylic acids is 1. The lowest BCUT2D eigenvalue weighted by molar-refractivity contribution is -0.140. The zero-order valence-electron chi connectivity index (χ0n) is 47.5. The smallest absolute Gasteiger partial charge is 0.305 e. The molecule has 87 heavy (non-hydrogen) atoms. The summed E-state index contributed by atoms with van der Waals surface area (Å²) in [6.45, 7) is 0.286. The van der Waals surface area contributed by atoms with E-state index in [1.165, 1.54) is 55.5 Å². The Labute approximate surface area is 510 Å². The van der Waals surface area contributed by atoms with Crippen molar-refractivity contribution in [1.82, 2.24) is 53.2 Å². The van der Waals surface area contributed by atoms with Crippen LogP contribution in [0.1, 0.15) is 56.2 Å². The molecule has 0 aliphatic heterocycles. The number of thiol groups is 2. The third-order valence-electron chi connectivity index (χ3n) is 12.9. The highest BCUT2D eigenvalue weighted by atomic mass is 32.1. The first kappa shape index (κ1) is 72.7. The van der Waals surface area contributed by atoms with Crippen LogP contribution >= 0.6 is 25.3 Å². The first-order valence-corrected chi connectivity index (χ1v) is 28.4. The van der Waals surface area contributed by atoms with Crippen molar-refractivity contribution in [2.75, 3.05) is 31.3 Å². The second kappa shape index (κ2) is 37.1. The molecule has 0 fully saturated rings. The van der Waals surface area contributed by atoms with Crippen LogP contribution in [0.15, 0.2) is 78.9 Å². The van der Waals surface area contributed by atoms with Crippen molar-refractivity contribution < 1.29 is 88.2 Å². The first-order valence-electron chi connectivity index (χ1n) is 27.2. The lowest BCUT2D eigenvalue weighted by Gasteiger charge is -2.28. The van der Waals surface area contributed by atoms with Gasteiger partial charge in [-0.3, -0.25) is 57.5 Å². The third kappa shape index (κ3) is 25.1. The number of carbonyl (C=O) groups excluding carboxylic acids is 11. The highest BCUT2D eigenvalue weighted by molar-refractivity contribution is 7.80. The third-order valence-corrected chi connectivity index (χ3v) is 13.7. The van der Waals surface area contributed by atoms with E-state index >= 15 is 0 Å². The van der Waals surface area contributed by atoms with Gasteiger partial charge in [-0.25, -0.2) is 0 Å². The summed E-state index contributed by atoms with van der Waals surface area (Å²) in [5.74, 6) is -14.0. The van der Waals surface area contributed by atoms with Crippen molar-refractivity contribution in [1.29, 1.82) is 0 Å². The number of carboxylic acid groups (broad SMARTS) is 1. The van der Waals surface area contributed by atoms with Gasteiger partial charge in [0.2, 0.25) is 65.0 Å². The monoisotopic (exact) mass is 1260 g/mol. The number of benzene rings is 3. The quantitative estimate of drug-likeness (QED) is 0.0189. The van der Waals surface area contributed by atoms with E-state index in [1.54, 1.807) is 30.3 Å². The van der Waals surface area contributed by atoms with Crippen molar-refractivity contribution in [2.24, 2.45) is 11.5 Å². The fourth-order valence-electron chi connectivity index (χ4n) is 8.22. The van der Waals surface area contributed by atoms with Crippen molar-refractivity contribution in [3.63, 3.8) is 0 Å². The van der Waals surface area contributed by atoms with Crippen molar-refractivity contribution >= 4 is 96.2 Å². The Hall–Kier alpha value is -8.56. The lowest BCUT2D eigenvalue weighted by Crippen LogP contribution is -2.62. The molecule has 0 radical (unpaired) electrons. The van der Waals surface area contributed by atoms with Gasteiger partial charge in [-0.2, -0.15) is 25.3 Å². The van der Waals surface area contributed by atoms with Crippen LogP contribution in [0.3, 0.4) is 0 Å². The van der Waals surface area contributed by atoms with Gasteiger partial charge >= 0.3 is 5.97 Å². The molecule has 11 atom stereocenters. The molecule has 3 aromatic carbocycles. The fraction of sp³-hybridized carbons (Fsp3) is 0.455. The van der Waals surface area contributed by atoms with E-state index in [0.29, 0.717) is 23.1 Å². The molecule has 3 rings (SSSR count). The predicted molar refractivity (Wildman–Crippen MR) is 317 cm³/mol. The number of unbranched alkanes of at least 4 members (excludes halogenated alkanes) is 1. The van der Waals surface area contributed by atoms with Gasteiger partial charge in [-0.1, -0.05) is 54.6 Å². The van der Waals surface area contributed by atoms with Crippen LogP contribution in [0.25, 0.3) is 0 Å². The largest absolute Gasteiger partial charge is 0.508 e. The molecule has 0 bridgehead atoms. The van der Waals surface area contributed by atoms with Gasteiger partial charge < -0.3 is 95.3 Å². The normalized spacial score (nSPS) is 14.8. The summed E-state index contributed by atoms with van der Waals surface area (Å²) in [5, 5.41) is 84.0. The number of carbonyl (C=O) groups is 12. The molecule has 0 aliphatic carbocycles. The van der Waals surface area contributed by atoms with E-state index in [1.807, 2.05) is 0 Å². The number of aliphatic hydroxyl groups is 3. The number of amides is 11. The Kier molecular flexibility index (Phi) is 31.0. The predicted octanol–water partition coefficient (Wildman–Crippen LogP) is -5.69. The summed E-state index contributed by atoms with van der Waals surface area (Å²) in [4.78, 5) is 159. The molecular weight excluding hydrogens is 1180 g/mol. The van der Waals surface area contributed by atoms with E-state index in [2.05, 4.69) is 78.4 Å². The molecule has 20 N–H and O–H groups in total. The molecule has 0 saturated carbocycles. The molecule has 11 amide bonds. The van der Waals surface area contributed by atoms with E-state index in [-0.39, 0.29) is 50.1 Å². The first-order chi connectivity index (χ1) is 41.2. The second-order valence-corrected chi connectivity index (χ2v) is 20.6. The van der Waals surface area contributed by atoms with E-state index < -0.39 is 169 Å². The molecule has 476 valence electrons. The highest BCUT2D eigenvalue weighted by Crippen LogP contribution is 2.15. The van der Waals surface area contributed by atoms with Gasteiger partial charge in [0.1, 0.15) is 71.9 Å². The summed E-state index contributed by atoms with van der Waals surface area (Å²) < 4.78 is 0. The Morgan fingerprint density at radius 2 is 0.805 bits per heavy atom. The number of rotatable bonds is 37. The summed E-state index contributed by atoms with van der Waals surface area (Å²) >= 11 is 8.28. The zero-order chi connectivity index (χ0) is 64.9. The van der Waals surface area contributed by atoms with Gasteiger partial charge in [0, 0.05) is 37.7 Å². The Balaban J connectivity index is 1.85. The summed E-state index contributed by atoms with van der Waals surface area (Å²) in [6.07, 6.45) is -2.76. The van der Waals surface area contributed by atoms with Gasteiger partial charge in [-0.15, -0.1) is 0 Å². The van der Waals surface area contributed by atoms with Crippen molar-refractivity contribution in [3.8, 4) is 11.5 Å². The molecule has 0 unspecified atom stereocenters. The zero-order valence-corrected chi connectivity index (χ0v) is 49.3. The maximum atomic E-state index is 14.2. The molecule has 0 heterocycles. The molecule has 0 spiro atoms. The molecule has 3 aromatic rings. The van der Waals surface area contributed by atoms with Crippen molar-refractivity contribution in [3.05, 3.63) is 95.6 Å². The average molecular weight is 1260 g/mol. The van der Waals surface area contributed by atoms with Crippen LogP contribution in [-0.4, -0.2) is 199 Å². The topological polar surface area (TPSA) is 499 Å². The van der Waals surface area contributed by atoms with Crippen LogP contribution in [-0.2, 0) is 76.8 Å². The second-order valence-electron chi connectivity index (χ2n) is 19.9. The summed E-state index contributed by atoms with van der Waals surface area (Å²) in [5.41, 5.74) is 12.3. The van der Waals surface area contributed by atoms with Gasteiger partial charge in [0.15, 0.2) is 0 Å². The minimum atomic E-state index is -1.86. The SMILES string of the molecule is CC(=O)N[C@@H](Cc1ccccc1)C(=O)N[C@H](C(=O)N[C@@H](CO)C(=O)N[C@@H](CS)C(=O)N[C@@H](Cc1ccc(O)cc1)C(=O)N[C@@H](CO)C(=O)N[C@@H](CCCCN)C(=O)N[C@@H](Cc1ccc(O)cc1)C(=O)N[C@@H](CS)C(=O)N[C@@H](CC(=O)O)C(N)=O)[C@@H](C)O. The number of phenolic OH excluding ortho intramolecular Hbond substituents is 2. The minimum absolute atomic E-state index is 0.00559. The number of carboxylic acids is 1. The molecule has 0 aliphatic rings. The Morgan fingerprint density at radius 3 is 1.20 bits per heavy atom. The number of aliphatic hydroxyl groups excluding tert-OH is 3. The molecule has 0 saturated heterocycles. The average Bonchev–Trinajstić information content (AvgIpc) is 3.42. The fourth-order valence-corrected chi connectivity index (χ4v) is 8.73. The Morgan fingerprint density at radius 1 is 0.460 bits per heavy atom. The Bertz CT molecular complexity index is 2840. The van der Waals surface area contributed by atoms with Crippen LogP contribution in [0, 0.1) is 0 Å². The summed E-state index contributed by atoms with van der Waals surface area (Å²) in [6, 6.07) is 3.10. The number of hydrogen-bond acceptors (Lipinski definition) is 20. The number of aromatic hydroxyl groups is 2. The van der Waals surface area contributed by atoms with E-state index in [0.717, 1.165) is 6.92 Å². The number of primary amides is 1. The van der Waals surface area contributed by atoms with E-state index in [9.17, 15) is 88.2 Å². The maximum absolute atomic E-state index is 14.2.